The fourth-order valence-corrected chi connectivity index (χ4v) is 6.24. The molecule has 0 atom stereocenters. The van der Waals surface area contributed by atoms with E-state index in [1.54, 1.807) is 0 Å². The summed E-state index contributed by atoms with van der Waals surface area (Å²) in [7, 11) is 0. The SMILES string of the molecule is N=C(N=C(N=Cc1c2ccccc2cc2c1ccc1ccccc12)c1ccc2ccccc2c1)c1ccc(-c2ccccc2)cc1. The molecule has 3 heteroatoms. The Bertz CT molecular complexity index is 2470. The van der Waals surface area contributed by atoms with Crippen molar-refractivity contribution in [2.24, 2.45) is 9.98 Å². The van der Waals surface area contributed by atoms with Crippen LogP contribution in [0.15, 0.2) is 174 Å². The van der Waals surface area contributed by atoms with Crippen molar-refractivity contribution in [1.82, 2.24) is 0 Å². The third kappa shape index (κ3) is 5.14. The lowest BCUT2D eigenvalue weighted by atomic mass is 9.94. The number of hydrogen-bond donors (Lipinski definition) is 1. The van der Waals surface area contributed by atoms with E-state index in [4.69, 9.17) is 15.4 Å². The van der Waals surface area contributed by atoms with Gasteiger partial charge in [-0.15, -0.1) is 0 Å². The summed E-state index contributed by atoms with van der Waals surface area (Å²) in [4.78, 5) is 9.92. The molecule has 0 saturated carbocycles. The van der Waals surface area contributed by atoms with Crippen molar-refractivity contribution in [3.63, 3.8) is 0 Å². The highest BCUT2D eigenvalue weighted by Crippen LogP contribution is 2.33. The minimum atomic E-state index is 0.161. The molecule has 0 aromatic heterocycles. The van der Waals surface area contributed by atoms with Gasteiger partial charge in [0.25, 0.3) is 0 Å². The van der Waals surface area contributed by atoms with Crippen LogP contribution in [0, 0.1) is 5.41 Å². The molecule has 0 unspecified atom stereocenters. The molecule has 8 aromatic carbocycles. The summed E-state index contributed by atoms with van der Waals surface area (Å²) >= 11 is 0. The number of fused-ring (bicyclic) bond motifs is 5. The average molecular weight is 588 g/mol. The zero-order valence-corrected chi connectivity index (χ0v) is 25.1. The number of amidine groups is 2. The van der Waals surface area contributed by atoms with Crippen LogP contribution < -0.4 is 0 Å². The summed E-state index contributed by atoms with van der Waals surface area (Å²) in [6.07, 6.45) is 1.93. The quantitative estimate of drug-likeness (QED) is 0.0922. The lowest BCUT2D eigenvalue weighted by molar-refractivity contribution is 1.40. The number of nitrogens with zero attached hydrogens (tertiary/aromatic N) is 2. The second-order valence-corrected chi connectivity index (χ2v) is 11.4. The maximum Gasteiger partial charge on any atom is 0.161 e. The molecule has 0 fully saturated rings. The van der Waals surface area contributed by atoms with Crippen molar-refractivity contribution in [2.75, 3.05) is 0 Å². The molecule has 0 saturated heterocycles. The van der Waals surface area contributed by atoms with E-state index in [1.165, 1.54) is 16.2 Å². The Morgan fingerprint density at radius 2 is 1.04 bits per heavy atom. The monoisotopic (exact) mass is 587 g/mol. The summed E-state index contributed by atoms with van der Waals surface area (Å²) in [5.74, 6) is 0.651. The summed E-state index contributed by atoms with van der Waals surface area (Å²) in [6, 6.07) is 56.4. The number of benzene rings is 8. The first-order valence-electron chi connectivity index (χ1n) is 15.4. The Labute approximate surface area is 267 Å². The van der Waals surface area contributed by atoms with Gasteiger partial charge in [0.05, 0.1) is 0 Å². The smallest absolute Gasteiger partial charge is 0.161 e. The van der Waals surface area contributed by atoms with Crippen LogP contribution in [-0.4, -0.2) is 17.9 Å². The van der Waals surface area contributed by atoms with Gasteiger partial charge >= 0.3 is 0 Å². The summed E-state index contributed by atoms with van der Waals surface area (Å²) in [5, 5.41) is 18.3. The number of aliphatic imine (C=N–C) groups is 2. The van der Waals surface area contributed by atoms with E-state index >= 15 is 0 Å². The van der Waals surface area contributed by atoms with Crippen LogP contribution in [0.5, 0.6) is 0 Å². The van der Waals surface area contributed by atoms with Crippen molar-refractivity contribution in [3.05, 3.63) is 180 Å². The van der Waals surface area contributed by atoms with E-state index in [9.17, 15) is 0 Å². The Balaban J connectivity index is 1.27. The Morgan fingerprint density at radius 1 is 0.435 bits per heavy atom. The first-order valence-corrected chi connectivity index (χ1v) is 15.4. The fraction of sp³-hybridized carbons (Fsp3) is 0. The predicted octanol–water partition coefficient (Wildman–Crippen LogP) is 10.9. The molecular formula is C43H29N3. The summed E-state index contributed by atoms with van der Waals surface area (Å²) < 4.78 is 0. The van der Waals surface area contributed by atoms with E-state index < -0.39 is 0 Å². The minimum absolute atomic E-state index is 0.161. The average Bonchev–Trinajstić information content (AvgIpc) is 3.13. The first-order chi connectivity index (χ1) is 22.7. The van der Waals surface area contributed by atoms with Crippen molar-refractivity contribution in [3.8, 4) is 11.1 Å². The lowest BCUT2D eigenvalue weighted by Gasteiger charge is -2.11. The largest absolute Gasteiger partial charge is 0.282 e. The van der Waals surface area contributed by atoms with Gasteiger partial charge in [-0.3, -0.25) is 5.41 Å². The molecule has 8 rings (SSSR count). The fourth-order valence-electron chi connectivity index (χ4n) is 6.24. The second kappa shape index (κ2) is 11.7. The van der Waals surface area contributed by atoms with Crippen LogP contribution in [0.1, 0.15) is 16.7 Å². The molecule has 0 amide bonds. The molecule has 8 aromatic rings. The highest BCUT2D eigenvalue weighted by atomic mass is 14.9. The van der Waals surface area contributed by atoms with Crippen LogP contribution in [0.2, 0.25) is 0 Å². The van der Waals surface area contributed by atoms with E-state index in [0.29, 0.717) is 5.84 Å². The van der Waals surface area contributed by atoms with Gasteiger partial charge in [0.1, 0.15) is 0 Å². The number of rotatable bonds is 4. The highest BCUT2D eigenvalue weighted by molar-refractivity contribution is 6.22. The summed E-state index contributed by atoms with van der Waals surface area (Å²) in [6.45, 7) is 0. The molecule has 1 N–H and O–H groups in total. The van der Waals surface area contributed by atoms with Crippen LogP contribution in [0.4, 0.5) is 0 Å². The van der Waals surface area contributed by atoms with Crippen LogP contribution in [0.3, 0.4) is 0 Å². The molecule has 0 spiro atoms. The number of hydrogen-bond acceptors (Lipinski definition) is 1. The van der Waals surface area contributed by atoms with Gasteiger partial charge in [-0.05, 0) is 66.3 Å². The third-order valence-electron chi connectivity index (χ3n) is 8.62. The van der Waals surface area contributed by atoms with Crippen LogP contribution in [0.25, 0.3) is 54.2 Å². The van der Waals surface area contributed by atoms with Gasteiger partial charge in [0.15, 0.2) is 11.7 Å². The van der Waals surface area contributed by atoms with Gasteiger partial charge in [-0.25, -0.2) is 9.98 Å². The molecule has 3 nitrogen and oxygen atoms in total. The molecule has 46 heavy (non-hydrogen) atoms. The zero-order valence-electron chi connectivity index (χ0n) is 25.1. The Hall–Kier alpha value is -6.19. The molecule has 0 aliphatic heterocycles. The minimum Gasteiger partial charge on any atom is -0.282 e. The Morgan fingerprint density at radius 3 is 1.85 bits per heavy atom. The molecule has 0 radical (unpaired) electrons. The normalized spacial score (nSPS) is 12.0. The van der Waals surface area contributed by atoms with Gasteiger partial charge in [-0.1, -0.05) is 152 Å². The predicted molar refractivity (Wildman–Crippen MR) is 196 cm³/mol. The standard InChI is InChI=1S/C43H29N3/c44-42(33-21-18-31(19-22-33)29-10-2-1-3-11-29)46-43(36-23-20-30-12-4-5-14-34(30)26-36)45-28-41-38-17-9-7-15-35(38)27-40-37-16-8-6-13-32(37)24-25-39(40)41/h1-28,44H. The molecule has 0 aliphatic carbocycles. The van der Waals surface area contributed by atoms with Crippen molar-refractivity contribution >= 4 is 61.0 Å². The molecule has 0 aliphatic rings. The lowest BCUT2D eigenvalue weighted by Crippen LogP contribution is -2.05. The Kier molecular flexibility index (Phi) is 6.97. The topological polar surface area (TPSA) is 48.6 Å². The van der Waals surface area contributed by atoms with Crippen LogP contribution in [-0.2, 0) is 0 Å². The van der Waals surface area contributed by atoms with Crippen molar-refractivity contribution in [2.45, 2.75) is 0 Å². The molecule has 0 bridgehead atoms. The molecular weight excluding hydrogens is 558 g/mol. The number of nitrogens with one attached hydrogen (secondary N) is 1. The van der Waals surface area contributed by atoms with Gasteiger partial charge < -0.3 is 0 Å². The van der Waals surface area contributed by atoms with E-state index in [2.05, 4.69) is 103 Å². The first kappa shape index (κ1) is 27.4. The second-order valence-electron chi connectivity index (χ2n) is 11.4. The maximum absolute atomic E-state index is 9.02. The van der Waals surface area contributed by atoms with Gasteiger partial charge in [0, 0.05) is 22.9 Å². The van der Waals surface area contributed by atoms with Gasteiger partial charge in [-0.2, -0.15) is 0 Å². The highest BCUT2D eigenvalue weighted by Gasteiger charge is 2.12. The van der Waals surface area contributed by atoms with E-state index in [-0.39, 0.29) is 5.84 Å². The summed E-state index contributed by atoms with van der Waals surface area (Å²) in [5.41, 5.74) is 4.86. The van der Waals surface area contributed by atoms with Crippen molar-refractivity contribution < 1.29 is 0 Å². The molecule has 216 valence electrons. The molecule has 0 heterocycles. The maximum atomic E-state index is 9.02. The third-order valence-corrected chi connectivity index (χ3v) is 8.62. The van der Waals surface area contributed by atoms with E-state index in [0.717, 1.165) is 54.7 Å². The van der Waals surface area contributed by atoms with Crippen molar-refractivity contribution in [1.29, 1.82) is 5.41 Å². The van der Waals surface area contributed by atoms with Gasteiger partial charge in [0.2, 0.25) is 0 Å². The van der Waals surface area contributed by atoms with Crippen LogP contribution >= 0.6 is 0 Å². The van der Waals surface area contributed by atoms with E-state index in [1.807, 2.05) is 66.9 Å². The zero-order chi connectivity index (χ0) is 30.9.